The van der Waals surface area contributed by atoms with Gasteiger partial charge in [-0.2, -0.15) is 9.49 Å². The quantitative estimate of drug-likeness (QED) is 0.757. The van der Waals surface area contributed by atoms with E-state index in [1.807, 2.05) is 0 Å². The van der Waals surface area contributed by atoms with Gasteiger partial charge in [0.15, 0.2) is 5.82 Å². The number of nitrogens with two attached hydrogens (primary N) is 1. The van der Waals surface area contributed by atoms with Gasteiger partial charge in [0.2, 0.25) is 5.95 Å². The topological polar surface area (TPSA) is 89.6 Å². The van der Waals surface area contributed by atoms with E-state index in [1.165, 1.54) is 4.57 Å². The fraction of sp³-hybridized carbons (Fsp3) is 0.154. The average molecular weight is 308 g/mol. The van der Waals surface area contributed by atoms with Gasteiger partial charge in [-0.25, -0.2) is 9.55 Å². The number of fused-ring (bicyclic) bond motifs is 1. The van der Waals surface area contributed by atoms with E-state index in [4.69, 9.17) is 17.3 Å². The summed E-state index contributed by atoms with van der Waals surface area (Å²) in [4.78, 5) is 17.1. The molecule has 2 aromatic heterocycles. The van der Waals surface area contributed by atoms with Crippen molar-refractivity contribution < 1.29 is 4.39 Å². The largest absolute Gasteiger partial charge is 0.322 e. The first kappa shape index (κ1) is 13.7. The fourth-order valence-corrected chi connectivity index (χ4v) is 2.39. The number of benzene rings is 1. The highest BCUT2D eigenvalue weighted by molar-refractivity contribution is 6.35. The van der Waals surface area contributed by atoms with Gasteiger partial charge in [-0.3, -0.25) is 9.89 Å². The Morgan fingerprint density at radius 1 is 1.48 bits per heavy atom. The number of rotatable bonds is 2. The Morgan fingerprint density at radius 2 is 2.24 bits per heavy atom. The molecule has 108 valence electrons. The number of nitrogens with one attached hydrogen (secondary N) is 1. The molecule has 0 saturated carbocycles. The third-order valence-corrected chi connectivity index (χ3v) is 3.36. The summed E-state index contributed by atoms with van der Waals surface area (Å²) in [7, 11) is 0. The molecule has 0 radical (unpaired) electrons. The second-order valence-electron chi connectivity index (χ2n) is 4.61. The van der Waals surface area contributed by atoms with E-state index in [-0.39, 0.29) is 22.1 Å². The van der Waals surface area contributed by atoms with Gasteiger partial charge in [0, 0.05) is 6.07 Å². The Morgan fingerprint density at radius 3 is 2.86 bits per heavy atom. The first-order valence-electron chi connectivity index (χ1n) is 6.17. The molecule has 2 heterocycles. The van der Waals surface area contributed by atoms with Crippen LogP contribution in [0.1, 0.15) is 18.8 Å². The number of aromatic amines is 1. The van der Waals surface area contributed by atoms with E-state index < -0.39 is 17.5 Å². The van der Waals surface area contributed by atoms with Gasteiger partial charge in [0.05, 0.1) is 22.0 Å². The maximum Gasteiger partial charge on any atom is 0.268 e. The predicted molar refractivity (Wildman–Crippen MR) is 77.1 cm³/mol. The number of hydrogen-bond acceptors (Lipinski definition) is 4. The van der Waals surface area contributed by atoms with E-state index in [9.17, 15) is 9.18 Å². The minimum absolute atomic E-state index is 0.0825. The van der Waals surface area contributed by atoms with Gasteiger partial charge in [-0.1, -0.05) is 17.7 Å². The Kier molecular flexibility index (Phi) is 3.23. The first-order chi connectivity index (χ1) is 9.99. The van der Waals surface area contributed by atoms with Crippen molar-refractivity contribution in [3.63, 3.8) is 0 Å². The van der Waals surface area contributed by atoms with Crippen LogP contribution >= 0.6 is 11.6 Å². The van der Waals surface area contributed by atoms with Crippen LogP contribution in [0.4, 0.5) is 4.39 Å². The predicted octanol–water partition coefficient (Wildman–Crippen LogP) is 1.92. The van der Waals surface area contributed by atoms with Crippen LogP contribution in [0.5, 0.6) is 0 Å². The van der Waals surface area contributed by atoms with Crippen LogP contribution < -0.4 is 11.3 Å². The molecular weight excluding hydrogens is 297 g/mol. The van der Waals surface area contributed by atoms with Crippen LogP contribution in [-0.2, 0) is 0 Å². The van der Waals surface area contributed by atoms with Crippen molar-refractivity contribution in [2.45, 2.75) is 13.0 Å². The number of H-pyrrole nitrogens is 1. The minimum Gasteiger partial charge on any atom is -0.322 e. The Balaban J connectivity index is 2.46. The van der Waals surface area contributed by atoms with Crippen molar-refractivity contribution >= 4 is 22.5 Å². The van der Waals surface area contributed by atoms with E-state index in [2.05, 4.69) is 15.2 Å². The van der Waals surface area contributed by atoms with Crippen LogP contribution in [0, 0.1) is 5.95 Å². The molecule has 0 spiro atoms. The van der Waals surface area contributed by atoms with Crippen LogP contribution in [0.3, 0.4) is 0 Å². The lowest BCUT2D eigenvalue weighted by Gasteiger charge is -2.14. The summed E-state index contributed by atoms with van der Waals surface area (Å²) in [6.07, 6.45) is 0. The van der Waals surface area contributed by atoms with Crippen molar-refractivity contribution in [3.8, 4) is 5.82 Å². The Labute approximate surface area is 123 Å². The van der Waals surface area contributed by atoms with Gasteiger partial charge in [0.25, 0.3) is 5.56 Å². The molecule has 0 aliphatic rings. The highest BCUT2D eigenvalue weighted by atomic mass is 35.5. The maximum absolute atomic E-state index is 13.2. The zero-order chi connectivity index (χ0) is 15.1. The number of aromatic nitrogens is 4. The second-order valence-corrected chi connectivity index (χ2v) is 5.01. The number of hydrogen-bond donors (Lipinski definition) is 2. The van der Waals surface area contributed by atoms with Crippen molar-refractivity contribution in [1.82, 2.24) is 19.7 Å². The van der Waals surface area contributed by atoms with Crippen LogP contribution in [0.15, 0.2) is 29.1 Å². The van der Waals surface area contributed by atoms with Gasteiger partial charge in [0.1, 0.15) is 5.82 Å². The van der Waals surface area contributed by atoms with E-state index in [0.29, 0.717) is 5.52 Å². The summed E-state index contributed by atoms with van der Waals surface area (Å²) in [6, 6.07) is 5.51. The van der Waals surface area contributed by atoms with Crippen molar-refractivity contribution in [1.29, 1.82) is 0 Å². The monoisotopic (exact) mass is 307 g/mol. The highest BCUT2D eigenvalue weighted by Crippen LogP contribution is 2.21. The van der Waals surface area contributed by atoms with E-state index in [0.717, 1.165) is 6.07 Å². The maximum atomic E-state index is 13.2. The summed E-state index contributed by atoms with van der Waals surface area (Å²) < 4.78 is 14.3. The smallest absolute Gasteiger partial charge is 0.268 e. The normalized spacial score (nSPS) is 12.8. The molecule has 21 heavy (non-hydrogen) atoms. The molecule has 3 aromatic rings. The summed E-state index contributed by atoms with van der Waals surface area (Å²) in [5, 5.41) is 6.41. The van der Waals surface area contributed by atoms with Crippen molar-refractivity contribution in [2.24, 2.45) is 5.73 Å². The molecule has 0 bridgehead atoms. The third-order valence-electron chi connectivity index (χ3n) is 3.04. The SMILES string of the molecule is CC(N)c1nc2cccc(Cl)c2c(=O)n1-c1cc(F)[nH]n1. The third kappa shape index (κ3) is 2.20. The summed E-state index contributed by atoms with van der Waals surface area (Å²) in [5.41, 5.74) is 5.87. The summed E-state index contributed by atoms with van der Waals surface area (Å²) in [6.45, 7) is 1.68. The Hall–Kier alpha value is -2.25. The summed E-state index contributed by atoms with van der Waals surface area (Å²) in [5.74, 6) is -0.299. The van der Waals surface area contributed by atoms with Crippen molar-refractivity contribution in [2.75, 3.05) is 0 Å². The van der Waals surface area contributed by atoms with Crippen molar-refractivity contribution in [3.05, 3.63) is 51.4 Å². The second kappa shape index (κ2) is 4.94. The van der Waals surface area contributed by atoms with Gasteiger partial charge >= 0.3 is 0 Å². The van der Waals surface area contributed by atoms with Crippen LogP contribution in [-0.4, -0.2) is 19.7 Å². The van der Waals surface area contributed by atoms with Gasteiger partial charge in [-0.05, 0) is 19.1 Å². The van der Waals surface area contributed by atoms with Gasteiger partial charge in [-0.15, -0.1) is 0 Å². The molecule has 0 amide bonds. The molecule has 0 fully saturated rings. The molecule has 0 aliphatic carbocycles. The molecule has 3 N–H and O–H groups in total. The molecule has 1 unspecified atom stereocenters. The highest BCUT2D eigenvalue weighted by Gasteiger charge is 2.18. The molecule has 1 atom stereocenters. The standard InChI is InChI=1S/C13H11ClFN5O/c1-6(16)12-17-8-4-2-3-7(14)11(8)13(21)20(12)10-5-9(15)18-19-10/h2-6H,16H2,1H3,(H,18,19). The molecule has 0 saturated heterocycles. The lowest BCUT2D eigenvalue weighted by atomic mass is 10.2. The average Bonchev–Trinajstić information content (AvgIpc) is 2.84. The fourth-order valence-electron chi connectivity index (χ4n) is 2.14. The molecule has 6 nitrogen and oxygen atoms in total. The first-order valence-corrected chi connectivity index (χ1v) is 6.55. The minimum atomic E-state index is -0.660. The molecule has 0 aliphatic heterocycles. The number of halogens is 2. The molecule has 8 heteroatoms. The van der Waals surface area contributed by atoms with E-state index >= 15 is 0 Å². The van der Waals surface area contributed by atoms with Crippen LogP contribution in [0.25, 0.3) is 16.7 Å². The zero-order valence-electron chi connectivity index (χ0n) is 11.0. The lowest BCUT2D eigenvalue weighted by molar-refractivity contribution is 0.579. The zero-order valence-corrected chi connectivity index (χ0v) is 11.7. The number of nitrogens with zero attached hydrogens (tertiary/aromatic N) is 3. The summed E-state index contributed by atoms with van der Waals surface area (Å²) >= 11 is 6.07. The Bertz CT molecular complexity index is 886. The van der Waals surface area contributed by atoms with Crippen LogP contribution in [0.2, 0.25) is 5.02 Å². The van der Waals surface area contributed by atoms with Gasteiger partial charge < -0.3 is 5.73 Å². The molecule has 3 rings (SSSR count). The molecule has 1 aromatic carbocycles. The van der Waals surface area contributed by atoms with E-state index in [1.54, 1.807) is 25.1 Å². The lowest BCUT2D eigenvalue weighted by Crippen LogP contribution is -2.28. The molecular formula is C13H11ClFN5O.